The number of rotatable bonds is 11. The van der Waals surface area contributed by atoms with E-state index in [0.717, 1.165) is 38.9 Å². The average Bonchev–Trinajstić information content (AvgIpc) is 3.34. The number of epoxide rings is 2. The Morgan fingerprint density at radius 1 is 1.00 bits per heavy atom. The van der Waals surface area contributed by atoms with E-state index in [2.05, 4.69) is 6.92 Å². The Morgan fingerprint density at radius 2 is 1.45 bits per heavy atom. The van der Waals surface area contributed by atoms with Crippen molar-refractivity contribution in [3.63, 3.8) is 0 Å². The predicted molar refractivity (Wildman–Crippen MR) is 73.5 cm³/mol. The van der Waals surface area contributed by atoms with Gasteiger partial charge in [0.05, 0.1) is 26.4 Å². The highest BCUT2D eigenvalue weighted by atomic mass is 16.7. The maximum atomic E-state index is 8.09. The minimum Gasteiger partial charge on any atom is -0.396 e. The zero-order chi connectivity index (χ0) is 14.6. The molecule has 120 valence electrons. The molecule has 2 aliphatic heterocycles. The molecule has 2 rings (SSSR count). The fourth-order valence-electron chi connectivity index (χ4n) is 1.43. The van der Waals surface area contributed by atoms with Crippen LogP contribution in [0.3, 0.4) is 0 Å². The van der Waals surface area contributed by atoms with Gasteiger partial charge in [-0.05, 0) is 19.3 Å². The third kappa shape index (κ3) is 10.5. The SMILES string of the molecule is CCCC(OCC1CO1)OCC1CO1.OCCCCO. The zero-order valence-corrected chi connectivity index (χ0v) is 12.3. The van der Waals surface area contributed by atoms with Gasteiger partial charge in [0.1, 0.15) is 12.2 Å². The summed E-state index contributed by atoms with van der Waals surface area (Å²) in [6.45, 7) is 5.52. The van der Waals surface area contributed by atoms with Crippen LogP contribution in [0.15, 0.2) is 0 Å². The van der Waals surface area contributed by atoms with Gasteiger partial charge in [0, 0.05) is 13.2 Å². The molecule has 2 atom stereocenters. The van der Waals surface area contributed by atoms with Gasteiger partial charge < -0.3 is 29.2 Å². The summed E-state index contributed by atoms with van der Waals surface area (Å²) in [7, 11) is 0. The monoisotopic (exact) mass is 292 g/mol. The summed E-state index contributed by atoms with van der Waals surface area (Å²) in [4.78, 5) is 0. The molecule has 20 heavy (non-hydrogen) atoms. The van der Waals surface area contributed by atoms with Crippen LogP contribution in [0.25, 0.3) is 0 Å². The molecule has 6 heteroatoms. The lowest BCUT2D eigenvalue weighted by atomic mass is 10.3. The highest BCUT2D eigenvalue weighted by Crippen LogP contribution is 2.15. The van der Waals surface area contributed by atoms with Gasteiger partial charge in [0.25, 0.3) is 0 Å². The van der Waals surface area contributed by atoms with Gasteiger partial charge in [-0.25, -0.2) is 0 Å². The summed E-state index contributed by atoms with van der Waals surface area (Å²) in [6.07, 6.45) is 4.01. The third-order valence-corrected chi connectivity index (χ3v) is 2.83. The molecule has 0 saturated carbocycles. The molecule has 2 heterocycles. The Balaban J connectivity index is 0.000000286. The molecule has 0 bridgehead atoms. The van der Waals surface area contributed by atoms with E-state index in [1.165, 1.54) is 0 Å². The molecule has 0 amide bonds. The van der Waals surface area contributed by atoms with Crippen molar-refractivity contribution < 1.29 is 29.2 Å². The fourth-order valence-corrected chi connectivity index (χ4v) is 1.43. The Hall–Kier alpha value is -0.240. The summed E-state index contributed by atoms with van der Waals surface area (Å²) in [5.41, 5.74) is 0. The minimum atomic E-state index is -0.0756. The first-order valence-electron chi connectivity index (χ1n) is 7.48. The fraction of sp³-hybridized carbons (Fsp3) is 1.00. The highest BCUT2D eigenvalue weighted by molar-refractivity contribution is 4.69. The predicted octanol–water partition coefficient (Wildman–Crippen LogP) is 0.695. The second-order valence-corrected chi connectivity index (χ2v) is 4.95. The minimum absolute atomic E-state index is 0.0756. The molecular weight excluding hydrogens is 264 g/mol. The maximum absolute atomic E-state index is 8.09. The van der Waals surface area contributed by atoms with Crippen molar-refractivity contribution in [3.8, 4) is 0 Å². The average molecular weight is 292 g/mol. The van der Waals surface area contributed by atoms with Crippen LogP contribution < -0.4 is 0 Å². The van der Waals surface area contributed by atoms with E-state index in [0.29, 0.717) is 25.4 Å². The van der Waals surface area contributed by atoms with E-state index in [4.69, 9.17) is 29.2 Å². The van der Waals surface area contributed by atoms with Crippen molar-refractivity contribution in [1.29, 1.82) is 0 Å². The smallest absolute Gasteiger partial charge is 0.157 e. The Kier molecular flexibility index (Phi) is 10.2. The number of ether oxygens (including phenoxy) is 4. The first-order valence-corrected chi connectivity index (χ1v) is 7.48. The lowest BCUT2D eigenvalue weighted by molar-refractivity contribution is -0.150. The van der Waals surface area contributed by atoms with Crippen molar-refractivity contribution in [2.75, 3.05) is 39.6 Å². The Labute approximate surface area is 121 Å². The van der Waals surface area contributed by atoms with Gasteiger partial charge in [-0.15, -0.1) is 0 Å². The van der Waals surface area contributed by atoms with Crippen molar-refractivity contribution >= 4 is 0 Å². The molecule has 2 fully saturated rings. The highest BCUT2D eigenvalue weighted by Gasteiger charge is 2.27. The van der Waals surface area contributed by atoms with Crippen LogP contribution in [0.1, 0.15) is 32.6 Å². The van der Waals surface area contributed by atoms with E-state index in [-0.39, 0.29) is 19.5 Å². The molecule has 0 aromatic rings. The molecule has 0 radical (unpaired) electrons. The number of unbranched alkanes of at least 4 members (excludes halogenated alkanes) is 1. The van der Waals surface area contributed by atoms with Crippen LogP contribution in [-0.2, 0) is 18.9 Å². The number of aliphatic hydroxyl groups is 2. The van der Waals surface area contributed by atoms with E-state index < -0.39 is 0 Å². The van der Waals surface area contributed by atoms with E-state index in [9.17, 15) is 0 Å². The van der Waals surface area contributed by atoms with Crippen LogP contribution in [0, 0.1) is 0 Å². The van der Waals surface area contributed by atoms with Crippen molar-refractivity contribution in [2.24, 2.45) is 0 Å². The number of hydrogen-bond donors (Lipinski definition) is 2. The second-order valence-electron chi connectivity index (χ2n) is 4.95. The van der Waals surface area contributed by atoms with E-state index in [1.54, 1.807) is 0 Å². The van der Waals surface area contributed by atoms with Crippen molar-refractivity contribution in [2.45, 2.75) is 51.1 Å². The maximum Gasteiger partial charge on any atom is 0.157 e. The van der Waals surface area contributed by atoms with Crippen molar-refractivity contribution in [1.82, 2.24) is 0 Å². The summed E-state index contributed by atoms with van der Waals surface area (Å²) in [6, 6.07) is 0. The summed E-state index contributed by atoms with van der Waals surface area (Å²) < 4.78 is 21.3. The van der Waals surface area contributed by atoms with Crippen LogP contribution in [-0.4, -0.2) is 68.4 Å². The van der Waals surface area contributed by atoms with Gasteiger partial charge in [0.15, 0.2) is 6.29 Å². The molecule has 2 N–H and O–H groups in total. The number of aliphatic hydroxyl groups excluding tert-OH is 2. The molecule has 2 saturated heterocycles. The first-order chi connectivity index (χ1) is 9.80. The quantitative estimate of drug-likeness (QED) is 0.331. The van der Waals surface area contributed by atoms with Gasteiger partial charge in [0.2, 0.25) is 0 Å². The van der Waals surface area contributed by atoms with Gasteiger partial charge in [-0.3, -0.25) is 0 Å². The van der Waals surface area contributed by atoms with Crippen LogP contribution in [0.2, 0.25) is 0 Å². The lowest BCUT2D eigenvalue weighted by Gasteiger charge is -2.16. The molecule has 0 aliphatic carbocycles. The molecule has 0 spiro atoms. The molecule has 0 aromatic heterocycles. The van der Waals surface area contributed by atoms with Crippen LogP contribution >= 0.6 is 0 Å². The molecule has 6 nitrogen and oxygen atoms in total. The number of hydrogen-bond acceptors (Lipinski definition) is 6. The topological polar surface area (TPSA) is 84.0 Å². The Morgan fingerprint density at radius 3 is 1.75 bits per heavy atom. The molecule has 2 aliphatic rings. The van der Waals surface area contributed by atoms with Crippen LogP contribution in [0.5, 0.6) is 0 Å². The van der Waals surface area contributed by atoms with Gasteiger partial charge in [-0.1, -0.05) is 13.3 Å². The Bertz CT molecular complexity index is 198. The summed E-state index contributed by atoms with van der Waals surface area (Å²) >= 11 is 0. The molecule has 2 unspecified atom stereocenters. The van der Waals surface area contributed by atoms with Crippen molar-refractivity contribution in [3.05, 3.63) is 0 Å². The van der Waals surface area contributed by atoms with Gasteiger partial charge in [-0.2, -0.15) is 0 Å². The second kappa shape index (κ2) is 11.4. The lowest BCUT2D eigenvalue weighted by Crippen LogP contribution is -2.21. The molecular formula is C14H28O6. The van der Waals surface area contributed by atoms with E-state index >= 15 is 0 Å². The standard InChI is InChI=1S/C10H18O4.C4H10O2/c1-2-3-10(13-6-8-4-11-8)14-7-9-5-12-9;5-3-1-2-4-6/h8-10H,2-7H2,1H3;5-6H,1-4H2. The summed E-state index contributed by atoms with van der Waals surface area (Å²) in [5, 5.41) is 16.2. The summed E-state index contributed by atoms with van der Waals surface area (Å²) in [5.74, 6) is 0. The first kappa shape index (κ1) is 17.8. The van der Waals surface area contributed by atoms with Crippen LogP contribution in [0.4, 0.5) is 0 Å². The third-order valence-electron chi connectivity index (χ3n) is 2.83. The van der Waals surface area contributed by atoms with E-state index in [1.807, 2.05) is 0 Å². The van der Waals surface area contributed by atoms with Gasteiger partial charge >= 0.3 is 0 Å². The zero-order valence-electron chi connectivity index (χ0n) is 12.3. The largest absolute Gasteiger partial charge is 0.396 e. The molecule has 0 aromatic carbocycles. The normalized spacial score (nSPS) is 24.8.